The van der Waals surface area contributed by atoms with Gasteiger partial charge in [-0.3, -0.25) is 9.69 Å². The summed E-state index contributed by atoms with van der Waals surface area (Å²) in [5.41, 5.74) is 1.13. The normalized spacial score (nSPS) is 23.2. The standard InChI is InChI=1S/C21H31N3O3/c1-14(2)24(20(25)16-11-9-15(3)10-12-16)19-18(21(26)27)13-23(22-19)17-7-5-4-6-8-17/h7,13-16H,4-6,8-12H2,1-3H3,(H,26,27). The van der Waals surface area contributed by atoms with E-state index in [1.54, 1.807) is 15.8 Å². The second-order valence-electron chi connectivity index (χ2n) is 8.32. The summed E-state index contributed by atoms with van der Waals surface area (Å²) in [4.78, 5) is 26.8. The number of aromatic carboxylic acids is 1. The van der Waals surface area contributed by atoms with Gasteiger partial charge in [-0.15, -0.1) is 5.10 Å². The maximum absolute atomic E-state index is 13.3. The molecule has 0 aromatic carbocycles. The third-order valence-electron chi connectivity index (χ3n) is 5.83. The van der Waals surface area contributed by atoms with Crippen molar-refractivity contribution in [1.29, 1.82) is 0 Å². The predicted molar refractivity (Wildman–Crippen MR) is 106 cm³/mol. The minimum atomic E-state index is -1.04. The first kappa shape index (κ1) is 19.6. The first-order valence-corrected chi connectivity index (χ1v) is 10.2. The van der Waals surface area contributed by atoms with Gasteiger partial charge in [0.1, 0.15) is 5.56 Å². The van der Waals surface area contributed by atoms with Gasteiger partial charge in [0.2, 0.25) is 5.91 Å². The Balaban J connectivity index is 1.94. The number of anilines is 1. The highest BCUT2D eigenvalue weighted by Crippen LogP contribution is 2.33. The Morgan fingerprint density at radius 2 is 1.93 bits per heavy atom. The molecule has 148 valence electrons. The molecule has 0 aliphatic heterocycles. The van der Waals surface area contributed by atoms with Crippen LogP contribution < -0.4 is 4.90 Å². The van der Waals surface area contributed by atoms with Crippen molar-refractivity contribution in [2.45, 2.75) is 78.2 Å². The highest BCUT2D eigenvalue weighted by atomic mass is 16.4. The molecule has 0 bridgehead atoms. The van der Waals surface area contributed by atoms with Crippen LogP contribution in [0.25, 0.3) is 5.70 Å². The van der Waals surface area contributed by atoms with Gasteiger partial charge in [-0.1, -0.05) is 13.0 Å². The summed E-state index contributed by atoms with van der Waals surface area (Å²) in [7, 11) is 0. The SMILES string of the molecule is CC1CCC(C(=O)N(c2nn(C3=CCCCC3)cc2C(=O)O)C(C)C)CC1. The average molecular weight is 373 g/mol. The van der Waals surface area contributed by atoms with Crippen LogP contribution in [-0.4, -0.2) is 32.8 Å². The van der Waals surface area contributed by atoms with Crippen LogP contribution in [0.3, 0.4) is 0 Å². The number of carboxylic acid groups (broad SMARTS) is 1. The van der Waals surface area contributed by atoms with Crippen LogP contribution in [0.1, 0.15) is 82.5 Å². The van der Waals surface area contributed by atoms with Crippen LogP contribution in [0.4, 0.5) is 5.82 Å². The zero-order valence-electron chi connectivity index (χ0n) is 16.6. The maximum atomic E-state index is 13.3. The largest absolute Gasteiger partial charge is 0.477 e. The number of aromatic nitrogens is 2. The van der Waals surface area contributed by atoms with E-state index in [9.17, 15) is 14.7 Å². The Hall–Kier alpha value is -2.11. The number of hydrogen-bond donors (Lipinski definition) is 1. The van der Waals surface area contributed by atoms with Gasteiger partial charge in [0.25, 0.3) is 0 Å². The van der Waals surface area contributed by atoms with Crippen LogP contribution in [-0.2, 0) is 4.79 Å². The topological polar surface area (TPSA) is 75.4 Å². The molecule has 1 aromatic heterocycles. The van der Waals surface area contributed by atoms with E-state index in [0.717, 1.165) is 57.1 Å². The summed E-state index contributed by atoms with van der Waals surface area (Å²) in [6.07, 6.45) is 11.6. The minimum Gasteiger partial charge on any atom is -0.477 e. The number of carbonyl (C=O) groups excluding carboxylic acids is 1. The number of amides is 1. The Morgan fingerprint density at radius 3 is 2.48 bits per heavy atom. The summed E-state index contributed by atoms with van der Waals surface area (Å²) >= 11 is 0. The van der Waals surface area contributed by atoms with E-state index in [4.69, 9.17) is 0 Å². The van der Waals surface area contributed by atoms with Gasteiger partial charge in [-0.05, 0) is 71.1 Å². The van der Waals surface area contributed by atoms with Crippen LogP contribution in [0.2, 0.25) is 0 Å². The molecule has 0 unspecified atom stereocenters. The molecule has 27 heavy (non-hydrogen) atoms. The third-order valence-corrected chi connectivity index (χ3v) is 5.83. The quantitative estimate of drug-likeness (QED) is 0.821. The molecule has 6 heteroatoms. The summed E-state index contributed by atoms with van der Waals surface area (Å²) < 4.78 is 1.67. The lowest BCUT2D eigenvalue weighted by Gasteiger charge is -2.32. The van der Waals surface area contributed by atoms with Crippen molar-refractivity contribution in [3.63, 3.8) is 0 Å². The summed E-state index contributed by atoms with van der Waals surface area (Å²) in [5.74, 6) is -0.115. The zero-order valence-corrected chi connectivity index (χ0v) is 16.6. The Labute approximate surface area is 161 Å². The Morgan fingerprint density at radius 1 is 1.22 bits per heavy atom. The third kappa shape index (κ3) is 4.25. The lowest BCUT2D eigenvalue weighted by atomic mass is 9.82. The van der Waals surface area contributed by atoms with E-state index >= 15 is 0 Å². The smallest absolute Gasteiger partial charge is 0.341 e. The van der Waals surface area contributed by atoms with Crippen molar-refractivity contribution in [1.82, 2.24) is 9.78 Å². The van der Waals surface area contributed by atoms with E-state index < -0.39 is 5.97 Å². The molecule has 1 saturated carbocycles. The fourth-order valence-electron chi connectivity index (χ4n) is 4.18. The van der Waals surface area contributed by atoms with Crippen molar-refractivity contribution in [3.05, 3.63) is 17.8 Å². The molecule has 0 atom stereocenters. The Bertz CT molecular complexity index is 727. The van der Waals surface area contributed by atoms with E-state index in [1.807, 2.05) is 13.8 Å². The average Bonchev–Trinajstić information content (AvgIpc) is 3.08. The molecular weight excluding hydrogens is 342 g/mol. The second-order valence-corrected chi connectivity index (χ2v) is 8.32. The maximum Gasteiger partial charge on any atom is 0.341 e. The zero-order chi connectivity index (χ0) is 19.6. The first-order chi connectivity index (χ1) is 12.9. The Kier molecular flexibility index (Phi) is 6.02. The van der Waals surface area contributed by atoms with Crippen LogP contribution >= 0.6 is 0 Å². The molecule has 2 aliphatic rings. The number of hydrogen-bond acceptors (Lipinski definition) is 3. The predicted octanol–water partition coefficient (Wildman–Crippen LogP) is 4.56. The minimum absolute atomic E-state index is 0.0160. The van der Waals surface area contributed by atoms with Gasteiger partial charge in [0, 0.05) is 23.9 Å². The van der Waals surface area contributed by atoms with Gasteiger partial charge in [-0.25, -0.2) is 9.48 Å². The number of rotatable bonds is 5. The van der Waals surface area contributed by atoms with Crippen molar-refractivity contribution in [2.24, 2.45) is 11.8 Å². The molecule has 3 rings (SSSR count). The second kappa shape index (κ2) is 8.28. The first-order valence-electron chi connectivity index (χ1n) is 10.2. The fraction of sp³-hybridized carbons (Fsp3) is 0.667. The molecule has 1 N–H and O–H groups in total. The molecule has 0 saturated heterocycles. The number of allylic oxidation sites excluding steroid dienone is 2. The van der Waals surface area contributed by atoms with Gasteiger partial charge in [-0.2, -0.15) is 0 Å². The van der Waals surface area contributed by atoms with E-state index in [1.165, 1.54) is 0 Å². The van der Waals surface area contributed by atoms with E-state index in [-0.39, 0.29) is 29.2 Å². The van der Waals surface area contributed by atoms with Crippen molar-refractivity contribution < 1.29 is 14.7 Å². The van der Waals surface area contributed by atoms with E-state index in [2.05, 4.69) is 18.1 Å². The molecule has 1 aromatic rings. The molecule has 1 heterocycles. The van der Waals surface area contributed by atoms with Crippen molar-refractivity contribution >= 4 is 23.4 Å². The molecule has 1 fully saturated rings. The van der Waals surface area contributed by atoms with Crippen LogP contribution in [0, 0.1) is 11.8 Å². The number of nitrogens with zero attached hydrogens (tertiary/aromatic N) is 3. The van der Waals surface area contributed by atoms with Gasteiger partial charge in [0.15, 0.2) is 5.82 Å². The highest BCUT2D eigenvalue weighted by Gasteiger charge is 2.34. The fourth-order valence-corrected chi connectivity index (χ4v) is 4.18. The summed E-state index contributed by atoms with van der Waals surface area (Å²) in [5, 5.41) is 14.3. The van der Waals surface area contributed by atoms with Crippen molar-refractivity contribution in [3.8, 4) is 0 Å². The summed E-state index contributed by atoms with van der Waals surface area (Å²) in [6, 6.07) is -0.140. The monoisotopic (exact) mass is 373 g/mol. The molecule has 6 nitrogen and oxygen atoms in total. The van der Waals surface area contributed by atoms with Crippen LogP contribution in [0.15, 0.2) is 12.3 Å². The molecular formula is C21H31N3O3. The highest BCUT2D eigenvalue weighted by molar-refractivity contribution is 6.01. The van der Waals surface area contributed by atoms with Crippen LogP contribution in [0.5, 0.6) is 0 Å². The molecule has 0 radical (unpaired) electrons. The van der Waals surface area contributed by atoms with E-state index in [0.29, 0.717) is 5.92 Å². The van der Waals surface area contributed by atoms with Gasteiger partial charge < -0.3 is 5.11 Å². The van der Waals surface area contributed by atoms with Crippen molar-refractivity contribution in [2.75, 3.05) is 4.90 Å². The lowest BCUT2D eigenvalue weighted by molar-refractivity contribution is -0.123. The van der Waals surface area contributed by atoms with Gasteiger partial charge >= 0.3 is 5.97 Å². The lowest BCUT2D eigenvalue weighted by Crippen LogP contribution is -2.43. The molecule has 1 amide bonds. The van der Waals surface area contributed by atoms with Gasteiger partial charge in [0.05, 0.1) is 0 Å². The summed E-state index contributed by atoms with van der Waals surface area (Å²) in [6.45, 7) is 6.07. The molecule has 2 aliphatic carbocycles. The molecule has 0 spiro atoms. The number of carbonyl (C=O) groups is 2. The number of carboxylic acids is 1.